The molecule has 2 atom stereocenters. The maximum Gasteiger partial charge on any atom is 0.433 e. The predicted molar refractivity (Wildman–Crippen MR) is 354 cm³/mol. The van der Waals surface area contributed by atoms with Crippen LogP contribution in [-0.4, -0.2) is 105 Å². The third-order valence-corrected chi connectivity index (χ3v) is 25.7. The number of amides is 2. The number of nitrogens with zero attached hydrogens (tertiary/aromatic N) is 11. The second-order valence-electron chi connectivity index (χ2n) is 25.5. The Balaban J connectivity index is 0.000000250. The third-order valence-electron chi connectivity index (χ3n) is 16.6. The van der Waals surface area contributed by atoms with Crippen LogP contribution in [0.4, 0.5) is 43.8 Å². The second-order valence-corrected chi connectivity index (χ2v) is 35.8. The molecular weight excluding hydrogens is 1300 g/mol. The maximum atomic E-state index is 13.8. The number of imidazole rings is 1. The number of anilines is 2. The van der Waals surface area contributed by atoms with Crippen molar-refractivity contribution >= 4 is 85.9 Å². The molecule has 8 heterocycles. The monoisotopic (exact) mass is 1380 g/mol. The minimum Gasteiger partial charge on any atom is -0.411 e. The number of hydrogen-bond acceptors (Lipinski definition) is 16. The molecule has 0 bridgehead atoms. The van der Waals surface area contributed by atoms with E-state index in [0.29, 0.717) is 41.2 Å². The average molecular weight is 1380 g/mol. The lowest BCUT2D eigenvalue weighted by Crippen LogP contribution is -2.42. The first-order valence-electron chi connectivity index (χ1n) is 30.1. The van der Waals surface area contributed by atoms with Crippen molar-refractivity contribution in [2.45, 2.75) is 168 Å². The van der Waals surface area contributed by atoms with Crippen molar-refractivity contribution < 1.29 is 54.4 Å². The molecule has 1 aliphatic rings. The van der Waals surface area contributed by atoms with Gasteiger partial charge in [0.05, 0.1) is 43.3 Å². The lowest BCUT2D eigenvalue weighted by atomic mass is 10.1. The number of Topliss-reactive ketones (excluding diaryl/α,β-unsaturated/α-hetero) is 2. The lowest BCUT2D eigenvalue weighted by Gasteiger charge is -2.36. The van der Waals surface area contributed by atoms with Gasteiger partial charge in [-0.1, -0.05) is 67.5 Å². The number of pyridine rings is 4. The molecular formula is C63H78ClF6N13O10Si2. The van der Waals surface area contributed by atoms with Crippen molar-refractivity contribution in [3.8, 4) is 22.5 Å². The summed E-state index contributed by atoms with van der Waals surface area (Å²) in [7, 11) is -1.26. The lowest BCUT2D eigenvalue weighted by molar-refractivity contribution is -0.141. The highest BCUT2D eigenvalue weighted by Gasteiger charge is 2.40. The smallest absolute Gasteiger partial charge is 0.411 e. The number of nitrogens with one attached hydrogen (secondary N) is 2. The number of aromatic nitrogens is 10. The highest BCUT2D eigenvalue weighted by atomic mass is 35.5. The topological polar surface area (TPSA) is 281 Å². The number of aryl methyl sites for hydroxylation is 1. The van der Waals surface area contributed by atoms with E-state index < -0.39 is 92.7 Å². The van der Waals surface area contributed by atoms with Crippen LogP contribution in [-0.2, 0) is 80.6 Å². The van der Waals surface area contributed by atoms with Crippen molar-refractivity contribution in [3.63, 3.8) is 0 Å². The number of halogens is 7. The maximum absolute atomic E-state index is 13.8. The Kier molecular flexibility index (Phi) is 23.7. The largest absolute Gasteiger partial charge is 0.433 e. The van der Waals surface area contributed by atoms with Gasteiger partial charge in [0.1, 0.15) is 46.1 Å². The molecule has 7 aromatic heterocycles. The quantitative estimate of drug-likeness (QED) is 0.0432. The van der Waals surface area contributed by atoms with Gasteiger partial charge in [-0.3, -0.25) is 57.0 Å². The van der Waals surface area contributed by atoms with Gasteiger partial charge in [0.2, 0.25) is 11.8 Å². The molecule has 7 aromatic rings. The average Bonchev–Trinajstić information content (AvgIpc) is 1.62. The van der Waals surface area contributed by atoms with Crippen molar-refractivity contribution in [2.24, 2.45) is 19.1 Å². The van der Waals surface area contributed by atoms with Crippen LogP contribution in [0.1, 0.15) is 111 Å². The van der Waals surface area contributed by atoms with E-state index in [1.807, 2.05) is 13.1 Å². The van der Waals surface area contributed by atoms with Gasteiger partial charge >= 0.3 is 23.7 Å². The summed E-state index contributed by atoms with van der Waals surface area (Å²) in [6, 6.07) is 12.6. The molecule has 0 spiro atoms. The van der Waals surface area contributed by atoms with Gasteiger partial charge in [-0.15, -0.1) is 11.6 Å². The first-order chi connectivity index (χ1) is 43.9. The number of carbonyl (C=O) groups excluding carboxylic acids is 4. The van der Waals surface area contributed by atoms with Gasteiger partial charge in [0.15, 0.2) is 39.4 Å². The summed E-state index contributed by atoms with van der Waals surface area (Å²) in [6.07, 6.45) is -6.19. The normalized spacial score (nSPS) is 13.4. The third kappa shape index (κ3) is 18.1. The molecule has 2 amide bonds. The van der Waals surface area contributed by atoms with Crippen molar-refractivity contribution in [2.75, 3.05) is 17.2 Å². The fraction of sp³-hybridized carbons (Fsp3) is 0.460. The number of alkyl halides is 7. The van der Waals surface area contributed by atoms with E-state index in [1.165, 1.54) is 45.9 Å². The predicted octanol–water partition coefficient (Wildman–Crippen LogP) is 11.0. The summed E-state index contributed by atoms with van der Waals surface area (Å²) in [6.45, 7) is 27.2. The number of fused-ring (bicyclic) bond motifs is 2. The van der Waals surface area contributed by atoms with Crippen LogP contribution >= 0.6 is 11.6 Å². The second kappa shape index (κ2) is 29.7. The van der Waals surface area contributed by atoms with Gasteiger partial charge in [-0.2, -0.15) is 26.3 Å². The molecule has 32 heteroatoms. The van der Waals surface area contributed by atoms with Crippen LogP contribution in [0.15, 0.2) is 97.2 Å². The molecule has 8 rings (SSSR count). The summed E-state index contributed by atoms with van der Waals surface area (Å²) < 4.78 is 94.7. The fourth-order valence-corrected chi connectivity index (χ4v) is 10.6. The van der Waals surface area contributed by atoms with Crippen LogP contribution in [0.5, 0.6) is 0 Å². The van der Waals surface area contributed by atoms with E-state index in [2.05, 4.69) is 95.2 Å². The molecule has 0 aromatic carbocycles. The summed E-state index contributed by atoms with van der Waals surface area (Å²) >= 11 is 5.64. The zero-order chi connectivity index (χ0) is 71.2. The van der Waals surface area contributed by atoms with Crippen molar-refractivity contribution in [1.29, 1.82) is 0 Å². The van der Waals surface area contributed by atoms with Gasteiger partial charge in [-0.05, 0) is 98.6 Å². The Morgan fingerprint density at radius 1 is 0.621 bits per heavy atom. The van der Waals surface area contributed by atoms with Crippen LogP contribution in [0.2, 0.25) is 36.3 Å². The number of aliphatic imine (C=N–C) groups is 1. The van der Waals surface area contributed by atoms with Crippen LogP contribution in [0, 0.1) is 0 Å². The zero-order valence-electron chi connectivity index (χ0n) is 55.7. The van der Waals surface area contributed by atoms with Crippen LogP contribution in [0.3, 0.4) is 0 Å². The first kappa shape index (κ1) is 75.6. The Hall–Kier alpha value is -8.40. The minimum absolute atomic E-state index is 0.0311. The summed E-state index contributed by atoms with van der Waals surface area (Å²) in [5, 5.41) is 4.41. The van der Waals surface area contributed by atoms with Crippen molar-refractivity contribution in [1.82, 2.24) is 47.8 Å². The van der Waals surface area contributed by atoms with Crippen molar-refractivity contribution in [3.05, 3.63) is 138 Å². The molecule has 2 N–H and O–H groups in total. The molecule has 23 nitrogen and oxygen atoms in total. The standard InChI is InChI=1S/C31H38F3N7O5Si.C18H29N3O4Si.C14H11ClF3N3O/c1-9-20(42)16-40-28(44)25-26(39(6)29(40)45)38-24(17-46-47(7,8)30(3,4)5)41(25)18(2)27(43)37-23-12-10-11-21(36-23)19-13-14-22(35-15-19)31(32,33)34;1-8-13(22)10-21-16(23)14-9-12(19-15(14)20(5)17(21)24)11-25-26(6,7)18(2,3)4;1-8(15)13(22)21-12-4-2-3-10(20-12)9-5-6-11(19-7-9)14(16,17)18/h10-15,18H,9,16-17H2,1-8H3,(H,36,37,43);8-11H2,1-7H3;2-8H,1H3,(H,20,21,22). The zero-order valence-corrected chi connectivity index (χ0v) is 58.4. The number of rotatable bonds is 19. The van der Waals surface area contributed by atoms with Crippen LogP contribution < -0.4 is 33.1 Å². The molecule has 0 radical (unpaired) electrons. The van der Waals surface area contributed by atoms with Gasteiger partial charge in [0, 0.05) is 62.6 Å². The van der Waals surface area contributed by atoms with E-state index in [0.717, 1.165) is 39.4 Å². The van der Waals surface area contributed by atoms with Gasteiger partial charge < -0.3 is 24.1 Å². The molecule has 512 valence electrons. The molecule has 0 fully saturated rings. The Bertz CT molecular complexity index is 4300. The van der Waals surface area contributed by atoms with E-state index >= 15 is 0 Å². The Morgan fingerprint density at radius 3 is 1.48 bits per heavy atom. The van der Waals surface area contributed by atoms with E-state index in [-0.39, 0.29) is 82.0 Å². The van der Waals surface area contributed by atoms with E-state index in [4.69, 9.17) is 20.5 Å². The Labute approximate surface area is 550 Å². The fourth-order valence-electron chi connectivity index (χ4n) is 8.62. The summed E-state index contributed by atoms with van der Waals surface area (Å²) in [5.41, 5.74) is -1.89. The van der Waals surface area contributed by atoms with Crippen LogP contribution in [0.25, 0.3) is 33.7 Å². The summed E-state index contributed by atoms with van der Waals surface area (Å²) in [5.74, 6) is -0.517. The molecule has 0 saturated heterocycles. The highest BCUT2D eigenvalue weighted by Crippen LogP contribution is 2.39. The van der Waals surface area contributed by atoms with Gasteiger partial charge in [0.25, 0.3) is 11.1 Å². The molecule has 0 aliphatic carbocycles. The number of ketones is 2. The number of carbonyl (C=O) groups is 4. The first-order valence-corrected chi connectivity index (χ1v) is 36.4. The number of hydrogen-bond donors (Lipinski definition) is 2. The molecule has 95 heavy (non-hydrogen) atoms. The van der Waals surface area contributed by atoms with E-state index in [1.54, 1.807) is 58.2 Å². The van der Waals surface area contributed by atoms with E-state index in [9.17, 15) is 64.7 Å². The van der Waals surface area contributed by atoms with Gasteiger partial charge in [-0.25, -0.2) is 29.5 Å². The molecule has 0 saturated carbocycles. The summed E-state index contributed by atoms with van der Waals surface area (Å²) in [4.78, 5) is 126. The molecule has 1 aliphatic heterocycles. The SMILES string of the molecule is CC(Cl)C(=O)Nc1cccc(-c2ccc(C(F)(F)F)nc2)n1.CCC(=O)Cn1c(=O)c2c(n(C)c1=O)N=C(CO[Si](C)(C)C(C)(C)C)C2.CCC(=O)Cn1c(=O)c2c(nc(CO[Si](C)(C)C(C)(C)C)n2C(C)C(=O)Nc2cccc(-c3ccc(C(F)(F)F)nc3)n2)n(C)c1=O. The molecule has 2 unspecified atom stereocenters. The highest BCUT2D eigenvalue weighted by molar-refractivity contribution is 6.74. The Morgan fingerprint density at radius 2 is 1.06 bits per heavy atom. The minimum atomic E-state index is -4.59.